The molecule has 0 atom stereocenters. The van der Waals surface area contributed by atoms with Crippen molar-refractivity contribution < 1.29 is 9.21 Å². The third kappa shape index (κ3) is 3.60. The van der Waals surface area contributed by atoms with Crippen LogP contribution in [-0.2, 0) is 11.2 Å². The quantitative estimate of drug-likeness (QED) is 0.735. The Morgan fingerprint density at radius 3 is 2.88 bits per heavy atom. The minimum absolute atomic E-state index is 0.142. The lowest BCUT2D eigenvalue weighted by Gasteiger charge is -2.19. The van der Waals surface area contributed by atoms with Crippen LogP contribution in [0.3, 0.4) is 0 Å². The summed E-state index contributed by atoms with van der Waals surface area (Å²) in [6.45, 7) is 0. The number of carbonyl (C=O) groups is 1. The molecule has 0 fully saturated rings. The predicted octanol–water partition coefficient (Wildman–Crippen LogP) is 4.30. The van der Waals surface area contributed by atoms with E-state index in [-0.39, 0.29) is 12.3 Å². The van der Waals surface area contributed by atoms with Gasteiger partial charge in [0.25, 0.3) is 0 Å². The van der Waals surface area contributed by atoms with Gasteiger partial charge < -0.3 is 14.6 Å². The first-order chi connectivity index (χ1) is 11.5. The summed E-state index contributed by atoms with van der Waals surface area (Å²) < 4.78 is 5.32. The third-order valence-corrected chi connectivity index (χ3v) is 4.54. The second-order valence-electron chi connectivity index (χ2n) is 5.38. The summed E-state index contributed by atoms with van der Waals surface area (Å²) in [5, 5.41) is 6.12. The average Bonchev–Trinajstić information content (AvgIpc) is 3.17. The van der Waals surface area contributed by atoms with Gasteiger partial charge >= 0.3 is 0 Å². The summed E-state index contributed by atoms with van der Waals surface area (Å²) in [6.07, 6.45) is 1.79. The van der Waals surface area contributed by atoms with Gasteiger partial charge in [0.15, 0.2) is 10.8 Å². The van der Waals surface area contributed by atoms with Crippen LogP contribution in [-0.4, -0.2) is 25.0 Å². The Labute approximate surface area is 148 Å². The van der Waals surface area contributed by atoms with Crippen molar-refractivity contribution in [3.05, 3.63) is 52.7 Å². The second-order valence-corrected chi connectivity index (χ2v) is 6.64. The molecule has 0 aliphatic carbocycles. The summed E-state index contributed by atoms with van der Waals surface area (Å²) in [5.41, 5.74) is 2.17. The van der Waals surface area contributed by atoms with E-state index in [0.717, 1.165) is 10.7 Å². The smallest absolute Gasteiger partial charge is 0.230 e. The lowest BCUT2D eigenvalue weighted by Crippen LogP contribution is -2.18. The van der Waals surface area contributed by atoms with Crippen molar-refractivity contribution in [2.45, 2.75) is 6.42 Å². The van der Waals surface area contributed by atoms with E-state index in [9.17, 15) is 4.79 Å². The Hall–Kier alpha value is -2.31. The SMILES string of the molecule is CN(C)c1c(Cl)cccc1NC(=O)Cc1csc(-c2ccco2)n1. The number of nitrogens with one attached hydrogen (secondary N) is 1. The van der Waals surface area contributed by atoms with Crippen LogP contribution in [0.5, 0.6) is 0 Å². The molecule has 7 heteroatoms. The van der Waals surface area contributed by atoms with Gasteiger partial charge in [-0.25, -0.2) is 4.98 Å². The van der Waals surface area contributed by atoms with Gasteiger partial charge in [-0.1, -0.05) is 17.7 Å². The molecule has 3 aromatic rings. The van der Waals surface area contributed by atoms with Crippen LogP contribution in [0.4, 0.5) is 11.4 Å². The fraction of sp³-hybridized carbons (Fsp3) is 0.176. The number of carbonyl (C=O) groups excluding carboxylic acids is 1. The van der Waals surface area contributed by atoms with Gasteiger partial charge in [0, 0.05) is 19.5 Å². The molecule has 0 radical (unpaired) electrons. The predicted molar refractivity (Wildman–Crippen MR) is 97.9 cm³/mol. The number of hydrogen-bond donors (Lipinski definition) is 1. The number of hydrogen-bond acceptors (Lipinski definition) is 5. The zero-order valence-electron chi connectivity index (χ0n) is 13.2. The zero-order chi connectivity index (χ0) is 17.1. The fourth-order valence-corrected chi connectivity index (χ4v) is 3.46. The molecular weight excluding hydrogens is 346 g/mol. The molecule has 5 nitrogen and oxygen atoms in total. The minimum atomic E-state index is -0.142. The minimum Gasteiger partial charge on any atom is -0.462 e. The Morgan fingerprint density at radius 2 is 2.17 bits per heavy atom. The standard InChI is InChI=1S/C17H16ClN3O2S/c1-21(2)16-12(18)5-3-6-13(16)20-15(22)9-11-10-24-17(19-11)14-7-4-8-23-14/h3-8,10H,9H2,1-2H3,(H,20,22). The molecule has 0 aliphatic rings. The van der Waals surface area contributed by atoms with Crippen molar-refractivity contribution in [3.8, 4) is 10.8 Å². The maximum absolute atomic E-state index is 12.3. The van der Waals surface area contributed by atoms with Crippen molar-refractivity contribution in [3.63, 3.8) is 0 Å². The Bertz CT molecular complexity index is 843. The molecule has 0 saturated carbocycles. The van der Waals surface area contributed by atoms with Crippen LogP contribution in [0.1, 0.15) is 5.69 Å². The van der Waals surface area contributed by atoms with Gasteiger partial charge in [-0.15, -0.1) is 11.3 Å². The van der Waals surface area contributed by atoms with Crippen molar-refractivity contribution in [1.29, 1.82) is 0 Å². The summed E-state index contributed by atoms with van der Waals surface area (Å²) in [6, 6.07) is 9.09. The van der Waals surface area contributed by atoms with E-state index in [1.165, 1.54) is 11.3 Å². The molecule has 1 aromatic carbocycles. The van der Waals surface area contributed by atoms with Crippen LogP contribution in [0.2, 0.25) is 5.02 Å². The molecule has 0 spiro atoms. The zero-order valence-corrected chi connectivity index (χ0v) is 14.8. The highest BCUT2D eigenvalue weighted by molar-refractivity contribution is 7.13. The number of rotatable bonds is 5. The summed E-state index contributed by atoms with van der Waals surface area (Å²) in [7, 11) is 3.76. The second kappa shape index (κ2) is 7.07. The van der Waals surface area contributed by atoms with Gasteiger partial charge in [-0.3, -0.25) is 4.79 Å². The highest BCUT2D eigenvalue weighted by Crippen LogP contribution is 2.32. The molecule has 3 rings (SSSR count). The Kier molecular flexibility index (Phi) is 4.87. The molecule has 0 saturated heterocycles. The summed E-state index contributed by atoms with van der Waals surface area (Å²) in [4.78, 5) is 18.6. The number of amides is 1. The highest BCUT2D eigenvalue weighted by Gasteiger charge is 2.14. The molecule has 1 N–H and O–H groups in total. The van der Waals surface area contributed by atoms with Crippen molar-refractivity contribution in [1.82, 2.24) is 4.98 Å². The number of nitrogens with zero attached hydrogens (tertiary/aromatic N) is 2. The fourth-order valence-electron chi connectivity index (χ4n) is 2.33. The van der Waals surface area contributed by atoms with E-state index < -0.39 is 0 Å². The highest BCUT2D eigenvalue weighted by atomic mass is 35.5. The topological polar surface area (TPSA) is 58.4 Å². The van der Waals surface area contributed by atoms with Gasteiger partial charge in [-0.2, -0.15) is 0 Å². The third-order valence-electron chi connectivity index (χ3n) is 3.33. The summed E-state index contributed by atoms with van der Waals surface area (Å²) in [5.74, 6) is 0.563. The van der Waals surface area contributed by atoms with Crippen LogP contribution in [0.25, 0.3) is 10.8 Å². The first-order valence-corrected chi connectivity index (χ1v) is 8.54. The molecule has 1 amide bonds. The van der Waals surface area contributed by atoms with E-state index in [1.54, 1.807) is 12.3 Å². The van der Waals surface area contributed by atoms with Crippen LogP contribution in [0.15, 0.2) is 46.4 Å². The van der Waals surface area contributed by atoms with E-state index in [4.69, 9.17) is 16.0 Å². The van der Waals surface area contributed by atoms with E-state index in [1.807, 2.05) is 48.6 Å². The average molecular weight is 362 g/mol. The number of aromatic nitrogens is 1. The number of para-hydroxylation sites is 1. The van der Waals surface area contributed by atoms with Crippen molar-refractivity contribution >= 4 is 40.2 Å². The molecule has 24 heavy (non-hydrogen) atoms. The van der Waals surface area contributed by atoms with E-state index in [0.29, 0.717) is 22.2 Å². The molecule has 0 unspecified atom stereocenters. The van der Waals surface area contributed by atoms with Crippen molar-refractivity contribution in [2.24, 2.45) is 0 Å². The van der Waals surface area contributed by atoms with Crippen LogP contribution < -0.4 is 10.2 Å². The van der Waals surface area contributed by atoms with Gasteiger partial charge in [-0.05, 0) is 24.3 Å². The van der Waals surface area contributed by atoms with E-state index in [2.05, 4.69) is 10.3 Å². The largest absolute Gasteiger partial charge is 0.462 e. The monoisotopic (exact) mass is 361 g/mol. The molecule has 2 aromatic heterocycles. The maximum Gasteiger partial charge on any atom is 0.230 e. The maximum atomic E-state index is 12.3. The van der Waals surface area contributed by atoms with Crippen LogP contribution in [0, 0.1) is 0 Å². The first kappa shape index (κ1) is 16.5. The number of halogens is 1. The Morgan fingerprint density at radius 1 is 1.33 bits per heavy atom. The molecular formula is C17H16ClN3O2S. The lowest BCUT2D eigenvalue weighted by atomic mass is 10.2. The van der Waals surface area contributed by atoms with Crippen molar-refractivity contribution in [2.75, 3.05) is 24.3 Å². The number of thiazole rings is 1. The molecule has 124 valence electrons. The summed E-state index contributed by atoms with van der Waals surface area (Å²) >= 11 is 7.67. The number of anilines is 2. The first-order valence-electron chi connectivity index (χ1n) is 7.28. The lowest BCUT2D eigenvalue weighted by molar-refractivity contribution is -0.115. The molecule has 2 heterocycles. The number of furan rings is 1. The van der Waals surface area contributed by atoms with Gasteiger partial charge in [0.2, 0.25) is 5.91 Å². The number of benzene rings is 1. The Balaban J connectivity index is 1.72. The van der Waals surface area contributed by atoms with E-state index >= 15 is 0 Å². The molecule has 0 aliphatic heterocycles. The molecule has 0 bridgehead atoms. The van der Waals surface area contributed by atoms with Crippen LogP contribution >= 0.6 is 22.9 Å². The van der Waals surface area contributed by atoms with Gasteiger partial charge in [0.05, 0.1) is 34.8 Å². The normalized spacial score (nSPS) is 10.6. The van der Waals surface area contributed by atoms with Gasteiger partial charge in [0.1, 0.15) is 0 Å².